The van der Waals surface area contributed by atoms with Crippen LogP contribution in [-0.4, -0.2) is 23.0 Å². The van der Waals surface area contributed by atoms with Crippen molar-refractivity contribution in [1.29, 1.82) is 0 Å². The molecule has 0 bridgehead atoms. The molecule has 0 aliphatic heterocycles. The molecule has 3 rings (SSSR count). The molecular weight excluding hydrogens is 334 g/mol. The number of carbonyl (C=O) groups is 1. The van der Waals surface area contributed by atoms with E-state index in [1.807, 2.05) is 18.2 Å². The average molecular weight is 351 g/mol. The van der Waals surface area contributed by atoms with E-state index in [9.17, 15) is 4.79 Å². The van der Waals surface area contributed by atoms with E-state index >= 15 is 0 Å². The van der Waals surface area contributed by atoms with Gasteiger partial charge in [-0.15, -0.1) is 0 Å². The van der Waals surface area contributed by atoms with Crippen molar-refractivity contribution in [3.63, 3.8) is 0 Å². The van der Waals surface area contributed by atoms with Crippen LogP contribution in [0.5, 0.6) is 17.4 Å². The standard InChI is InChI=1S/C18H17N5O3/c1-25-14-10-6-5-9-13(14)17(24)23-22-16-15(19)18(21-11-20-16)26-12-7-3-2-4-8-12/h2-11H,19H2,1H3,(H,23,24)(H,20,21,22). The van der Waals surface area contributed by atoms with Crippen molar-refractivity contribution >= 4 is 17.4 Å². The number of amides is 1. The molecule has 0 aliphatic carbocycles. The predicted octanol–water partition coefficient (Wildman–Crippen LogP) is 2.62. The maximum Gasteiger partial charge on any atom is 0.273 e. The molecular formula is C18H17N5O3. The topological polar surface area (TPSA) is 111 Å². The van der Waals surface area contributed by atoms with Gasteiger partial charge in [-0.25, -0.2) is 4.98 Å². The lowest BCUT2D eigenvalue weighted by Gasteiger charge is -2.13. The number of anilines is 2. The summed E-state index contributed by atoms with van der Waals surface area (Å²) in [6.07, 6.45) is 1.28. The lowest BCUT2D eigenvalue weighted by Crippen LogP contribution is -2.30. The number of hydrogen-bond acceptors (Lipinski definition) is 7. The second-order valence-corrected chi connectivity index (χ2v) is 5.14. The Balaban J connectivity index is 1.72. The molecule has 0 aliphatic rings. The van der Waals surface area contributed by atoms with E-state index in [0.717, 1.165) is 0 Å². The molecule has 2 aromatic carbocycles. The van der Waals surface area contributed by atoms with E-state index in [0.29, 0.717) is 17.1 Å². The van der Waals surface area contributed by atoms with Crippen LogP contribution in [0.2, 0.25) is 0 Å². The van der Waals surface area contributed by atoms with Crippen molar-refractivity contribution in [1.82, 2.24) is 15.4 Å². The number of nitrogen functional groups attached to an aromatic ring is 1. The van der Waals surface area contributed by atoms with Crippen LogP contribution >= 0.6 is 0 Å². The maximum absolute atomic E-state index is 12.3. The van der Waals surface area contributed by atoms with Crippen LogP contribution in [0.3, 0.4) is 0 Å². The van der Waals surface area contributed by atoms with Crippen LogP contribution in [0.1, 0.15) is 10.4 Å². The number of nitrogens with one attached hydrogen (secondary N) is 2. The largest absolute Gasteiger partial charge is 0.496 e. The lowest BCUT2D eigenvalue weighted by molar-refractivity contribution is 0.0959. The number of hydrazine groups is 1. The summed E-state index contributed by atoms with van der Waals surface area (Å²) < 4.78 is 10.8. The van der Waals surface area contributed by atoms with Gasteiger partial charge in [-0.05, 0) is 24.3 Å². The summed E-state index contributed by atoms with van der Waals surface area (Å²) in [5.74, 6) is 1.04. The first-order valence-corrected chi connectivity index (χ1v) is 7.72. The van der Waals surface area contributed by atoms with Gasteiger partial charge < -0.3 is 15.2 Å². The van der Waals surface area contributed by atoms with Gasteiger partial charge in [0.2, 0.25) is 5.88 Å². The Bertz CT molecular complexity index is 902. The second kappa shape index (κ2) is 7.84. The lowest BCUT2D eigenvalue weighted by atomic mass is 10.2. The Hall–Kier alpha value is -3.81. The van der Waals surface area contributed by atoms with Crippen LogP contribution in [0, 0.1) is 0 Å². The van der Waals surface area contributed by atoms with Crippen LogP contribution in [-0.2, 0) is 0 Å². The molecule has 0 fully saturated rings. The molecule has 1 aromatic heterocycles. The molecule has 0 radical (unpaired) electrons. The summed E-state index contributed by atoms with van der Waals surface area (Å²) in [7, 11) is 1.50. The van der Waals surface area contributed by atoms with E-state index in [2.05, 4.69) is 20.8 Å². The first kappa shape index (κ1) is 17.0. The van der Waals surface area contributed by atoms with Gasteiger partial charge in [0.15, 0.2) is 5.82 Å². The molecule has 3 aromatic rings. The zero-order valence-corrected chi connectivity index (χ0v) is 14.0. The number of rotatable bonds is 6. The molecule has 0 saturated carbocycles. The summed E-state index contributed by atoms with van der Waals surface area (Å²) in [5.41, 5.74) is 11.8. The van der Waals surface area contributed by atoms with E-state index in [1.54, 1.807) is 36.4 Å². The third-order valence-corrected chi connectivity index (χ3v) is 3.45. The molecule has 8 heteroatoms. The zero-order chi connectivity index (χ0) is 18.4. The van der Waals surface area contributed by atoms with Gasteiger partial charge in [0.25, 0.3) is 5.91 Å². The molecule has 4 N–H and O–H groups in total. The number of nitrogens with two attached hydrogens (primary N) is 1. The first-order valence-electron chi connectivity index (χ1n) is 7.72. The molecule has 0 saturated heterocycles. The van der Waals surface area contributed by atoms with Crippen molar-refractivity contribution in [2.75, 3.05) is 18.3 Å². The van der Waals surface area contributed by atoms with E-state index < -0.39 is 5.91 Å². The van der Waals surface area contributed by atoms with Gasteiger partial charge in [0, 0.05) is 0 Å². The number of carbonyl (C=O) groups excluding carboxylic acids is 1. The Kier molecular flexibility index (Phi) is 5.14. The summed E-state index contributed by atoms with van der Waals surface area (Å²) in [6.45, 7) is 0. The summed E-state index contributed by atoms with van der Waals surface area (Å²) >= 11 is 0. The Morgan fingerprint density at radius 1 is 1.04 bits per heavy atom. The molecule has 1 heterocycles. The van der Waals surface area contributed by atoms with Gasteiger partial charge in [-0.1, -0.05) is 30.3 Å². The molecule has 132 valence electrons. The van der Waals surface area contributed by atoms with Gasteiger partial charge >= 0.3 is 0 Å². The van der Waals surface area contributed by atoms with Gasteiger partial charge in [-0.3, -0.25) is 15.6 Å². The number of benzene rings is 2. The third kappa shape index (κ3) is 3.81. The molecule has 26 heavy (non-hydrogen) atoms. The molecule has 1 amide bonds. The highest BCUT2D eigenvalue weighted by molar-refractivity contribution is 5.97. The summed E-state index contributed by atoms with van der Waals surface area (Å²) in [5, 5.41) is 0. The smallest absolute Gasteiger partial charge is 0.273 e. The number of aromatic nitrogens is 2. The highest BCUT2D eigenvalue weighted by Crippen LogP contribution is 2.28. The highest BCUT2D eigenvalue weighted by Gasteiger charge is 2.14. The van der Waals surface area contributed by atoms with Crippen molar-refractivity contribution in [3.8, 4) is 17.4 Å². The van der Waals surface area contributed by atoms with Gasteiger partial charge in [0.05, 0.1) is 12.7 Å². The number of para-hydroxylation sites is 2. The van der Waals surface area contributed by atoms with E-state index in [4.69, 9.17) is 15.2 Å². The monoisotopic (exact) mass is 351 g/mol. The second-order valence-electron chi connectivity index (χ2n) is 5.14. The van der Waals surface area contributed by atoms with Crippen LogP contribution < -0.4 is 26.1 Å². The molecule has 0 unspecified atom stereocenters. The van der Waals surface area contributed by atoms with Gasteiger partial charge in [0.1, 0.15) is 23.5 Å². The minimum Gasteiger partial charge on any atom is -0.496 e. The fourth-order valence-electron chi connectivity index (χ4n) is 2.18. The fourth-order valence-corrected chi connectivity index (χ4v) is 2.18. The summed E-state index contributed by atoms with van der Waals surface area (Å²) in [4.78, 5) is 20.3. The predicted molar refractivity (Wildman–Crippen MR) is 97.0 cm³/mol. The third-order valence-electron chi connectivity index (χ3n) is 3.45. The van der Waals surface area contributed by atoms with Crippen LogP contribution in [0.25, 0.3) is 0 Å². The van der Waals surface area contributed by atoms with Crippen molar-refractivity contribution in [2.45, 2.75) is 0 Å². The first-order chi connectivity index (χ1) is 12.7. The number of ether oxygens (including phenoxy) is 2. The van der Waals surface area contributed by atoms with E-state index in [1.165, 1.54) is 13.4 Å². The Labute approximate surface area is 150 Å². The van der Waals surface area contributed by atoms with Crippen LogP contribution in [0.15, 0.2) is 60.9 Å². The minimum atomic E-state index is -0.397. The molecule has 8 nitrogen and oxygen atoms in total. The number of hydrogen-bond donors (Lipinski definition) is 3. The van der Waals surface area contributed by atoms with E-state index in [-0.39, 0.29) is 17.4 Å². The van der Waals surface area contributed by atoms with Crippen LogP contribution in [0.4, 0.5) is 11.5 Å². The SMILES string of the molecule is COc1ccccc1C(=O)NNc1ncnc(Oc2ccccc2)c1N. The molecule has 0 atom stereocenters. The van der Waals surface area contributed by atoms with Crippen molar-refractivity contribution in [2.24, 2.45) is 0 Å². The van der Waals surface area contributed by atoms with Crippen molar-refractivity contribution in [3.05, 3.63) is 66.5 Å². The average Bonchev–Trinajstić information content (AvgIpc) is 2.69. The Morgan fingerprint density at radius 3 is 2.54 bits per heavy atom. The minimum absolute atomic E-state index is 0.164. The number of nitrogens with zero attached hydrogens (tertiary/aromatic N) is 2. The van der Waals surface area contributed by atoms with Crippen molar-refractivity contribution < 1.29 is 14.3 Å². The fraction of sp³-hybridized carbons (Fsp3) is 0.0556. The molecule has 0 spiro atoms. The zero-order valence-electron chi connectivity index (χ0n) is 14.0. The normalized spacial score (nSPS) is 10.0. The summed E-state index contributed by atoms with van der Waals surface area (Å²) in [6, 6.07) is 15.9. The quantitative estimate of drug-likeness (QED) is 0.585. The highest BCUT2D eigenvalue weighted by atomic mass is 16.5. The maximum atomic E-state index is 12.3. The Morgan fingerprint density at radius 2 is 1.77 bits per heavy atom. The van der Waals surface area contributed by atoms with Gasteiger partial charge in [-0.2, -0.15) is 4.98 Å². The number of methoxy groups -OCH3 is 1.